The number of hydrogen-bond acceptors (Lipinski definition) is 3. The first-order valence-electron chi connectivity index (χ1n) is 8.32. The van der Waals surface area contributed by atoms with Crippen LogP contribution in [0.15, 0.2) is 0 Å². The van der Waals surface area contributed by atoms with Gasteiger partial charge in [-0.05, 0) is 70.6 Å². The first kappa shape index (κ1) is 13.8. The van der Waals surface area contributed by atoms with Crippen molar-refractivity contribution in [2.24, 2.45) is 11.1 Å². The third-order valence-corrected chi connectivity index (χ3v) is 6.29. The zero-order chi connectivity index (χ0) is 13.3. The molecule has 2 aliphatic heterocycles. The van der Waals surface area contributed by atoms with Gasteiger partial charge in [-0.1, -0.05) is 12.8 Å². The molecule has 3 heteroatoms. The van der Waals surface area contributed by atoms with Crippen LogP contribution in [0, 0.1) is 5.41 Å². The van der Waals surface area contributed by atoms with Gasteiger partial charge in [-0.25, -0.2) is 0 Å². The lowest BCUT2D eigenvalue weighted by atomic mass is 9.75. The Morgan fingerprint density at radius 1 is 0.895 bits per heavy atom. The molecule has 2 heterocycles. The second-order valence-electron chi connectivity index (χ2n) is 7.46. The van der Waals surface area contributed by atoms with Crippen LogP contribution in [0.1, 0.15) is 51.4 Å². The van der Waals surface area contributed by atoms with E-state index in [2.05, 4.69) is 16.8 Å². The smallest absolute Gasteiger partial charge is 0.0458 e. The Balaban J connectivity index is 1.65. The third-order valence-electron chi connectivity index (χ3n) is 6.29. The van der Waals surface area contributed by atoms with Crippen molar-refractivity contribution in [3.63, 3.8) is 0 Å². The van der Waals surface area contributed by atoms with Gasteiger partial charge in [0, 0.05) is 18.6 Å². The third kappa shape index (κ3) is 2.57. The Hall–Kier alpha value is -0.120. The van der Waals surface area contributed by atoms with Crippen LogP contribution in [-0.4, -0.2) is 55.1 Å². The van der Waals surface area contributed by atoms with E-state index in [0.717, 1.165) is 12.0 Å². The van der Waals surface area contributed by atoms with Crippen LogP contribution in [0.5, 0.6) is 0 Å². The predicted octanol–water partition coefficient (Wildman–Crippen LogP) is 2.07. The highest BCUT2D eigenvalue weighted by molar-refractivity contribution is 5.00. The van der Waals surface area contributed by atoms with Gasteiger partial charge in [0.2, 0.25) is 0 Å². The molecule has 1 spiro atoms. The molecule has 0 amide bonds. The number of rotatable bonds is 2. The van der Waals surface area contributed by atoms with Crippen molar-refractivity contribution in [3.05, 3.63) is 0 Å². The standard InChI is InChI=1S/C16H31N3/c1-18-10-4-7-16(13-17,14-18)19-11-8-15(9-12-19)5-2-3-6-15/h2-14,17H2,1H3. The Kier molecular flexibility index (Phi) is 3.89. The highest BCUT2D eigenvalue weighted by Crippen LogP contribution is 2.47. The molecule has 3 nitrogen and oxygen atoms in total. The van der Waals surface area contributed by atoms with Gasteiger partial charge in [-0.15, -0.1) is 0 Å². The molecule has 110 valence electrons. The van der Waals surface area contributed by atoms with E-state index >= 15 is 0 Å². The zero-order valence-corrected chi connectivity index (χ0v) is 12.7. The second-order valence-corrected chi connectivity index (χ2v) is 7.46. The van der Waals surface area contributed by atoms with E-state index in [0.29, 0.717) is 0 Å². The van der Waals surface area contributed by atoms with E-state index < -0.39 is 0 Å². The fraction of sp³-hybridized carbons (Fsp3) is 1.00. The van der Waals surface area contributed by atoms with Gasteiger partial charge < -0.3 is 10.6 Å². The van der Waals surface area contributed by atoms with E-state index in [4.69, 9.17) is 5.73 Å². The molecule has 2 saturated heterocycles. The highest BCUT2D eigenvalue weighted by atomic mass is 15.3. The van der Waals surface area contributed by atoms with Gasteiger partial charge in [0.1, 0.15) is 0 Å². The van der Waals surface area contributed by atoms with Crippen LogP contribution in [-0.2, 0) is 0 Å². The van der Waals surface area contributed by atoms with Gasteiger partial charge in [0.15, 0.2) is 0 Å². The maximum atomic E-state index is 6.21. The molecule has 1 atom stereocenters. The Morgan fingerprint density at radius 2 is 1.58 bits per heavy atom. The molecule has 3 aliphatic rings. The van der Waals surface area contributed by atoms with Crippen molar-refractivity contribution in [1.82, 2.24) is 9.80 Å². The maximum Gasteiger partial charge on any atom is 0.0458 e. The average molecular weight is 265 g/mol. The molecule has 1 unspecified atom stereocenters. The molecule has 2 N–H and O–H groups in total. The average Bonchev–Trinajstić information content (AvgIpc) is 2.88. The second kappa shape index (κ2) is 5.34. The maximum absolute atomic E-state index is 6.21. The lowest BCUT2D eigenvalue weighted by molar-refractivity contribution is -0.0164. The first-order chi connectivity index (χ1) is 9.18. The molecule has 0 aromatic heterocycles. The first-order valence-corrected chi connectivity index (χ1v) is 8.32. The summed E-state index contributed by atoms with van der Waals surface area (Å²) >= 11 is 0. The van der Waals surface area contributed by atoms with Gasteiger partial charge >= 0.3 is 0 Å². The molecule has 0 bridgehead atoms. The Labute approximate surface area is 118 Å². The SMILES string of the molecule is CN1CCCC(CN)(N2CCC3(CCCC3)CC2)C1. The topological polar surface area (TPSA) is 32.5 Å². The molecule has 1 saturated carbocycles. The zero-order valence-electron chi connectivity index (χ0n) is 12.7. The molecule has 3 fully saturated rings. The molecule has 0 radical (unpaired) electrons. The fourth-order valence-corrected chi connectivity index (χ4v) is 4.97. The van der Waals surface area contributed by atoms with Crippen molar-refractivity contribution in [2.75, 3.05) is 39.8 Å². The Morgan fingerprint density at radius 3 is 2.16 bits per heavy atom. The van der Waals surface area contributed by atoms with Crippen molar-refractivity contribution in [1.29, 1.82) is 0 Å². The van der Waals surface area contributed by atoms with Gasteiger partial charge in [-0.2, -0.15) is 0 Å². The lowest BCUT2D eigenvalue weighted by Gasteiger charge is -2.52. The molecule has 3 rings (SSSR count). The minimum absolute atomic E-state index is 0.285. The number of piperidine rings is 2. The van der Waals surface area contributed by atoms with E-state index in [1.54, 1.807) is 0 Å². The summed E-state index contributed by atoms with van der Waals surface area (Å²) in [5.74, 6) is 0. The van der Waals surface area contributed by atoms with Crippen LogP contribution in [0.3, 0.4) is 0 Å². The van der Waals surface area contributed by atoms with Gasteiger partial charge in [0.25, 0.3) is 0 Å². The molecular weight excluding hydrogens is 234 g/mol. The number of hydrogen-bond donors (Lipinski definition) is 1. The summed E-state index contributed by atoms with van der Waals surface area (Å²) in [5, 5.41) is 0. The summed E-state index contributed by atoms with van der Waals surface area (Å²) in [7, 11) is 2.26. The highest BCUT2D eigenvalue weighted by Gasteiger charge is 2.44. The number of nitrogens with two attached hydrogens (primary N) is 1. The summed E-state index contributed by atoms with van der Waals surface area (Å²) in [6.07, 6.45) is 11.4. The minimum atomic E-state index is 0.285. The lowest BCUT2D eigenvalue weighted by Crippen LogP contribution is -2.64. The number of likely N-dealkylation sites (N-methyl/N-ethyl adjacent to an activating group) is 1. The molecule has 1 aliphatic carbocycles. The normalized spacial score (nSPS) is 36.9. The van der Waals surface area contributed by atoms with E-state index in [1.165, 1.54) is 77.5 Å². The van der Waals surface area contributed by atoms with Crippen LogP contribution >= 0.6 is 0 Å². The van der Waals surface area contributed by atoms with Gasteiger partial charge in [-0.3, -0.25) is 4.90 Å². The van der Waals surface area contributed by atoms with E-state index in [9.17, 15) is 0 Å². The summed E-state index contributed by atoms with van der Waals surface area (Å²) in [6.45, 7) is 5.86. The van der Waals surface area contributed by atoms with Crippen LogP contribution in [0.2, 0.25) is 0 Å². The molecular formula is C16H31N3. The van der Waals surface area contributed by atoms with Crippen molar-refractivity contribution in [3.8, 4) is 0 Å². The van der Waals surface area contributed by atoms with Crippen molar-refractivity contribution in [2.45, 2.75) is 56.9 Å². The molecule has 19 heavy (non-hydrogen) atoms. The summed E-state index contributed by atoms with van der Waals surface area (Å²) in [4.78, 5) is 5.24. The summed E-state index contributed by atoms with van der Waals surface area (Å²) < 4.78 is 0. The number of likely N-dealkylation sites (tertiary alicyclic amines) is 2. The minimum Gasteiger partial charge on any atom is -0.329 e. The largest absolute Gasteiger partial charge is 0.329 e. The van der Waals surface area contributed by atoms with Crippen LogP contribution < -0.4 is 5.73 Å². The summed E-state index contributed by atoms with van der Waals surface area (Å²) in [5.41, 5.74) is 7.22. The number of nitrogens with zero attached hydrogens (tertiary/aromatic N) is 2. The van der Waals surface area contributed by atoms with E-state index in [1.807, 2.05) is 0 Å². The fourth-order valence-electron chi connectivity index (χ4n) is 4.97. The predicted molar refractivity (Wildman–Crippen MR) is 80.2 cm³/mol. The Bertz CT molecular complexity index is 301. The van der Waals surface area contributed by atoms with Crippen LogP contribution in [0.25, 0.3) is 0 Å². The molecule has 0 aromatic carbocycles. The monoisotopic (exact) mass is 265 g/mol. The van der Waals surface area contributed by atoms with Crippen molar-refractivity contribution >= 4 is 0 Å². The summed E-state index contributed by atoms with van der Waals surface area (Å²) in [6, 6.07) is 0. The van der Waals surface area contributed by atoms with Gasteiger partial charge in [0.05, 0.1) is 0 Å². The van der Waals surface area contributed by atoms with E-state index in [-0.39, 0.29) is 5.54 Å². The van der Waals surface area contributed by atoms with Crippen LogP contribution in [0.4, 0.5) is 0 Å². The van der Waals surface area contributed by atoms with Crippen molar-refractivity contribution < 1.29 is 0 Å². The quantitative estimate of drug-likeness (QED) is 0.829. The molecule has 0 aromatic rings.